The van der Waals surface area contributed by atoms with Gasteiger partial charge in [-0.05, 0) is 24.3 Å². The fourth-order valence-electron chi connectivity index (χ4n) is 3.77. The predicted octanol–water partition coefficient (Wildman–Crippen LogP) is 2.90. The summed E-state index contributed by atoms with van der Waals surface area (Å²) in [6, 6.07) is 9.95. The maximum Gasteiger partial charge on any atom is 0.263 e. The Hall–Kier alpha value is -3.99. The zero-order valence-corrected chi connectivity index (χ0v) is 18.3. The Morgan fingerprint density at radius 2 is 1.88 bits per heavy atom. The molecule has 0 unspecified atom stereocenters. The van der Waals surface area contributed by atoms with Crippen molar-refractivity contribution in [3.05, 3.63) is 53.4 Å². The van der Waals surface area contributed by atoms with Gasteiger partial charge in [0.05, 0.1) is 19.9 Å². The van der Waals surface area contributed by atoms with Crippen molar-refractivity contribution in [3.63, 3.8) is 0 Å². The van der Waals surface area contributed by atoms with Gasteiger partial charge in [0.1, 0.15) is 6.54 Å². The Morgan fingerprint density at radius 3 is 2.64 bits per heavy atom. The highest BCUT2D eigenvalue weighted by atomic mass is 35.5. The van der Waals surface area contributed by atoms with Crippen molar-refractivity contribution < 1.29 is 23.6 Å². The molecule has 3 heterocycles. The van der Waals surface area contributed by atoms with Crippen LogP contribution in [0.1, 0.15) is 5.89 Å². The second-order valence-electron chi connectivity index (χ2n) is 7.27. The lowest BCUT2D eigenvalue weighted by atomic mass is 10.1. The van der Waals surface area contributed by atoms with E-state index in [0.29, 0.717) is 33.6 Å². The number of nitrogens with zero attached hydrogens (tertiary/aromatic N) is 6. The zero-order chi connectivity index (χ0) is 23.1. The van der Waals surface area contributed by atoms with E-state index < -0.39 is 23.9 Å². The topological polar surface area (TPSA) is 123 Å². The molecule has 1 saturated heterocycles. The van der Waals surface area contributed by atoms with Gasteiger partial charge in [0.15, 0.2) is 23.6 Å². The third-order valence-corrected chi connectivity index (χ3v) is 5.57. The van der Waals surface area contributed by atoms with Crippen molar-refractivity contribution in [1.29, 1.82) is 0 Å². The van der Waals surface area contributed by atoms with Crippen LogP contribution in [0.5, 0.6) is 11.5 Å². The Morgan fingerprint density at radius 1 is 1.06 bits per heavy atom. The Balaban J connectivity index is 1.37. The summed E-state index contributed by atoms with van der Waals surface area (Å²) in [5.41, 5.74) is 1.04. The number of benzene rings is 2. The molecular formula is C21H17ClN6O5. The van der Waals surface area contributed by atoms with Gasteiger partial charge in [-0.2, -0.15) is 10.1 Å². The van der Waals surface area contributed by atoms with Gasteiger partial charge in [0.2, 0.25) is 11.7 Å². The monoisotopic (exact) mass is 468 g/mol. The average molecular weight is 469 g/mol. The number of rotatable bonds is 6. The van der Waals surface area contributed by atoms with E-state index in [2.05, 4.69) is 20.5 Å². The maximum absolute atomic E-state index is 13.2. The van der Waals surface area contributed by atoms with Crippen molar-refractivity contribution >= 4 is 29.1 Å². The molecule has 0 N–H and O–H groups in total. The van der Waals surface area contributed by atoms with E-state index in [1.54, 1.807) is 42.5 Å². The highest BCUT2D eigenvalue weighted by Gasteiger charge is 2.55. The minimum atomic E-state index is -0.957. The van der Waals surface area contributed by atoms with Crippen LogP contribution in [0.4, 0.5) is 5.69 Å². The lowest BCUT2D eigenvalue weighted by molar-refractivity contribution is -0.123. The van der Waals surface area contributed by atoms with E-state index in [1.807, 2.05) is 0 Å². The summed E-state index contributed by atoms with van der Waals surface area (Å²) in [5, 5.41) is 13.9. The fourth-order valence-corrected chi connectivity index (χ4v) is 3.97. The molecule has 1 fully saturated rings. The van der Waals surface area contributed by atoms with Crippen LogP contribution in [0.15, 0.2) is 57.3 Å². The molecule has 3 aromatic rings. The first kappa shape index (κ1) is 20.9. The number of ether oxygens (including phenoxy) is 2. The quantitative estimate of drug-likeness (QED) is 0.506. The Bertz CT molecular complexity index is 1280. The van der Waals surface area contributed by atoms with Crippen molar-refractivity contribution in [2.75, 3.05) is 19.1 Å². The molecular weight excluding hydrogens is 452 g/mol. The number of amides is 2. The number of fused-ring (bicyclic) bond motifs is 1. The predicted molar refractivity (Wildman–Crippen MR) is 115 cm³/mol. The molecule has 0 radical (unpaired) electrons. The lowest BCUT2D eigenvalue weighted by Crippen LogP contribution is -2.39. The number of carbonyl (C=O) groups excluding carboxylic acids is 2. The molecule has 2 aromatic carbocycles. The third-order valence-electron chi connectivity index (χ3n) is 5.33. The summed E-state index contributed by atoms with van der Waals surface area (Å²) >= 11 is 6.02. The van der Waals surface area contributed by atoms with Gasteiger partial charge in [-0.3, -0.25) is 14.6 Å². The van der Waals surface area contributed by atoms with E-state index in [-0.39, 0.29) is 12.4 Å². The first-order valence-electron chi connectivity index (χ1n) is 9.86. The summed E-state index contributed by atoms with van der Waals surface area (Å²) in [4.78, 5) is 31.6. The van der Waals surface area contributed by atoms with Gasteiger partial charge >= 0.3 is 0 Å². The Labute approximate surface area is 192 Å². The number of halogens is 1. The molecule has 0 spiro atoms. The molecule has 0 aliphatic carbocycles. The normalized spacial score (nSPS) is 19.4. The van der Waals surface area contributed by atoms with Crippen LogP contribution < -0.4 is 14.4 Å². The summed E-state index contributed by atoms with van der Waals surface area (Å²) in [7, 11) is 2.98. The fraction of sp³-hybridized carbons (Fsp3) is 0.238. The van der Waals surface area contributed by atoms with Crippen molar-refractivity contribution in [3.8, 4) is 22.9 Å². The van der Waals surface area contributed by atoms with Crippen LogP contribution in [0.25, 0.3) is 11.4 Å². The van der Waals surface area contributed by atoms with Crippen LogP contribution in [0.2, 0.25) is 5.02 Å². The average Bonchev–Trinajstić information content (AvgIpc) is 3.51. The minimum Gasteiger partial charge on any atom is -0.493 e. The SMILES string of the molecule is COc1ccc(N2C(=O)[C@@H]3[C@@H](N=NN3Cc3nc(-c4cccc(Cl)c4)no3)C2=O)cc1OC. The molecule has 2 amide bonds. The summed E-state index contributed by atoms with van der Waals surface area (Å²) in [6.07, 6.45) is 0. The van der Waals surface area contributed by atoms with E-state index >= 15 is 0 Å². The maximum atomic E-state index is 13.2. The Kier molecular flexibility index (Phi) is 5.17. The number of aromatic nitrogens is 2. The van der Waals surface area contributed by atoms with Gasteiger partial charge in [-0.1, -0.05) is 34.1 Å². The van der Waals surface area contributed by atoms with Gasteiger partial charge < -0.3 is 14.0 Å². The van der Waals surface area contributed by atoms with E-state index in [4.69, 9.17) is 25.6 Å². The smallest absolute Gasteiger partial charge is 0.263 e. The van der Waals surface area contributed by atoms with Crippen molar-refractivity contribution in [1.82, 2.24) is 15.1 Å². The minimum absolute atomic E-state index is 0.0109. The molecule has 1 aromatic heterocycles. The lowest BCUT2D eigenvalue weighted by Gasteiger charge is -2.20. The third kappa shape index (κ3) is 3.55. The van der Waals surface area contributed by atoms with Crippen LogP contribution in [0, 0.1) is 0 Å². The number of hydrogen-bond acceptors (Lipinski definition) is 10. The molecule has 0 saturated carbocycles. The first-order chi connectivity index (χ1) is 16.0. The highest BCUT2D eigenvalue weighted by molar-refractivity contribution is 6.30. The summed E-state index contributed by atoms with van der Waals surface area (Å²) in [5.74, 6) is 0.500. The molecule has 0 bridgehead atoms. The van der Waals surface area contributed by atoms with Crippen LogP contribution in [0.3, 0.4) is 0 Å². The van der Waals surface area contributed by atoms with E-state index in [9.17, 15) is 9.59 Å². The summed E-state index contributed by atoms with van der Waals surface area (Å²) < 4.78 is 15.8. The van der Waals surface area contributed by atoms with Crippen LogP contribution in [-0.2, 0) is 16.1 Å². The van der Waals surface area contributed by atoms with E-state index in [0.717, 1.165) is 4.90 Å². The molecule has 2 aliphatic heterocycles. The van der Waals surface area contributed by atoms with Gasteiger partial charge in [0, 0.05) is 16.7 Å². The van der Waals surface area contributed by atoms with Crippen molar-refractivity contribution in [2.24, 2.45) is 10.3 Å². The highest BCUT2D eigenvalue weighted by Crippen LogP contribution is 2.37. The van der Waals surface area contributed by atoms with Gasteiger partial charge in [0.25, 0.3) is 11.8 Å². The molecule has 11 nitrogen and oxygen atoms in total. The zero-order valence-electron chi connectivity index (χ0n) is 17.5. The molecule has 2 aliphatic rings. The largest absolute Gasteiger partial charge is 0.493 e. The second-order valence-corrected chi connectivity index (χ2v) is 7.70. The van der Waals surface area contributed by atoms with Crippen molar-refractivity contribution in [2.45, 2.75) is 18.6 Å². The molecule has 2 atom stereocenters. The number of anilines is 1. The molecule has 168 valence electrons. The molecule has 33 heavy (non-hydrogen) atoms. The number of carbonyl (C=O) groups is 2. The van der Waals surface area contributed by atoms with Crippen LogP contribution >= 0.6 is 11.6 Å². The van der Waals surface area contributed by atoms with Gasteiger partial charge in [-0.15, -0.1) is 0 Å². The first-order valence-corrected chi connectivity index (χ1v) is 10.2. The number of imide groups is 1. The number of methoxy groups -OCH3 is 2. The molecule has 5 rings (SSSR count). The standard InChI is InChI=1S/C21H17ClN6O5/c1-31-14-7-6-13(9-15(14)32-2)28-20(29)17-18(21(28)30)27(26-24-17)10-16-23-19(25-33-16)11-4-3-5-12(22)8-11/h3-9,17-18H,10H2,1-2H3/t17-,18+/m1/s1. The van der Waals surface area contributed by atoms with Crippen LogP contribution in [-0.4, -0.2) is 53.3 Å². The molecule has 12 heteroatoms. The van der Waals surface area contributed by atoms with E-state index in [1.165, 1.54) is 19.2 Å². The second kappa shape index (κ2) is 8.17. The summed E-state index contributed by atoms with van der Waals surface area (Å²) in [6.45, 7) is 0.0109. The van der Waals surface area contributed by atoms with Gasteiger partial charge in [-0.25, -0.2) is 4.90 Å². The number of hydrogen-bond donors (Lipinski definition) is 0.